The monoisotopic (exact) mass is 137 g/mol. The van der Waals surface area contributed by atoms with Gasteiger partial charge < -0.3 is 11.8 Å². The van der Waals surface area contributed by atoms with E-state index in [9.17, 15) is 0 Å². The summed E-state index contributed by atoms with van der Waals surface area (Å²) in [6, 6.07) is 0. The van der Waals surface area contributed by atoms with Crippen molar-refractivity contribution in [1.29, 1.82) is 5.26 Å². The summed E-state index contributed by atoms with van der Waals surface area (Å²) in [4.78, 5) is 0. The van der Waals surface area contributed by atoms with Crippen molar-refractivity contribution in [3.63, 3.8) is 0 Å². The summed E-state index contributed by atoms with van der Waals surface area (Å²) >= 11 is 0. The van der Waals surface area contributed by atoms with Gasteiger partial charge in [0.05, 0.1) is 0 Å². The number of rotatable bonds is 0. The number of hydrogen-bond acceptors (Lipinski definition) is 1. The van der Waals surface area contributed by atoms with Crippen molar-refractivity contribution in [2.75, 3.05) is 0 Å². The topological polar surface area (TPSA) is 23.8 Å². The second-order valence-electron chi connectivity index (χ2n) is 0. The molecule has 0 atom stereocenters. The Morgan fingerprint density at radius 1 is 1.25 bits per heavy atom. The van der Waals surface area contributed by atoms with E-state index < -0.39 is 0 Å². The van der Waals surface area contributed by atoms with Crippen molar-refractivity contribution < 1.29 is 38.8 Å². The Balaban J connectivity index is -0.00000000500. The summed E-state index contributed by atoms with van der Waals surface area (Å²) in [5.41, 5.74) is 0. The van der Waals surface area contributed by atoms with Gasteiger partial charge in [-0.2, -0.15) is 0 Å². The number of hydrogen-bond donors (Lipinski definition) is 0. The molecule has 1 nitrogen and oxygen atoms in total. The van der Waals surface area contributed by atoms with E-state index in [0.29, 0.717) is 0 Å². The third-order valence-corrected chi connectivity index (χ3v) is 0. The molecule has 25 valence electrons. The molecule has 4 heavy (non-hydrogen) atoms. The molecule has 0 fully saturated rings. The average molecular weight is 137 g/mol. The van der Waals surface area contributed by atoms with Crippen LogP contribution < -0.4 is 0 Å². The molecule has 3 heteroatoms. The van der Waals surface area contributed by atoms with E-state index in [0.717, 1.165) is 0 Å². The van der Waals surface area contributed by atoms with Crippen LogP contribution in [-0.2, 0) is 38.8 Å². The Kier molecular flexibility index (Phi) is 291. The molecule has 0 spiro atoms. The molecule has 0 aromatic rings. The largest absolute Gasteiger partial charge is 0.512 e. The Morgan fingerprint density at radius 3 is 1.25 bits per heavy atom. The summed E-state index contributed by atoms with van der Waals surface area (Å²) < 4.78 is 0. The fraction of sp³-hybridized carbons (Fsp3) is 0. The van der Waals surface area contributed by atoms with Gasteiger partial charge in [-0.25, -0.2) is 0 Å². The maximum Gasteiger partial charge on any atom is 0 e. The van der Waals surface area contributed by atoms with Crippen LogP contribution in [0.25, 0.3) is 0 Å². The zero-order valence-electron chi connectivity index (χ0n) is 1.75. The fourth-order valence-corrected chi connectivity index (χ4v) is 0. The van der Waals surface area contributed by atoms with Crippen LogP contribution in [0, 0.1) is 11.8 Å². The summed E-state index contributed by atoms with van der Waals surface area (Å²) in [6.07, 6.45) is 0. The summed E-state index contributed by atoms with van der Waals surface area (Å²) in [5.74, 6) is 0. The predicted octanol–water partition coefficient (Wildman–Crippen LogP) is 0.0914. The van der Waals surface area contributed by atoms with E-state index in [1.807, 2.05) is 0 Å². The second-order valence-corrected chi connectivity index (χ2v) is 0. The fourth-order valence-electron chi connectivity index (χ4n) is 0. The van der Waals surface area contributed by atoms with Crippen LogP contribution in [0.1, 0.15) is 0 Å². The first-order valence-electron chi connectivity index (χ1n) is 0.224. The van der Waals surface area contributed by atoms with Gasteiger partial charge in [0.1, 0.15) is 0 Å². The van der Waals surface area contributed by atoms with E-state index in [1.54, 1.807) is 0 Å². The Morgan fingerprint density at radius 2 is 1.25 bits per heavy atom. The minimum Gasteiger partial charge on any atom is -0.512 e. The Bertz CT molecular complexity index is 12.8. The van der Waals surface area contributed by atoms with E-state index in [2.05, 4.69) is 0 Å². The van der Waals surface area contributed by atoms with Crippen molar-refractivity contribution >= 4 is 0 Å². The van der Waals surface area contributed by atoms with Gasteiger partial charge in [0, 0.05) is 38.8 Å². The standard InChI is InChI=1S/CN.Cu.Ti/c1-2;;/q-1;;. The molecule has 0 rings (SSSR count). The minimum atomic E-state index is 0. The molecule has 0 saturated heterocycles. The molecular weight excluding hydrogens is 137 g/mol. The van der Waals surface area contributed by atoms with E-state index in [4.69, 9.17) is 11.8 Å². The van der Waals surface area contributed by atoms with Gasteiger partial charge in [0.25, 0.3) is 0 Å². The van der Waals surface area contributed by atoms with Crippen LogP contribution in [0.2, 0.25) is 0 Å². The molecule has 0 aromatic carbocycles. The van der Waals surface area contributed by atoms with Gasteiger partial charge in [-0.05, 0) is 0 Å². The van der Waals surface area contributed by atoms with Crippen molar-refractivity contribution in [2.24, 2.45) is 0 Å². The molecule has 0 aliphatic carbocycles. The van der Waals surface area contributed by atoms with Gasteiger partial charge in [0.2, 0.25) is 0 Å². The molecule has 1 radical (unpaired) electrons. The maximum atomic E-state index is 6.25. The SMILES string of the molecule is [C-]#N.[Cu].[Ti]. The van der Waals surface area contributed by atoms with Crippen molar-refractivity contribution in [3.05, 3.63) is 6.57 Å². The molecule has 0 bridgehead atoms. The van der Waals surface area contributed by atoms with Crippen LogP contribution in [0.15, 0.2) is 0 Å². The summed E-state index contributed by atoms with van der Waals surface area (Å²) in [5, 5.41) is 6.25. The third-order valence-electron chi connectivity index (χ3n) is 0. The maximum absolute atomic E-state index is 6.25. The van der Waals surface area contributed by atoms with Crippen LogP contribution in [0.4, 0.5) is 0 Å². The van der Waals surface area contributed by atoms with Gasteiger partial charge in [-0.15, -0.1) is 0 Å². The molecule has 0 aromatic heterocycles. The molecule has 0 heterocycles. The molecule has 0 aliphatic rings. The summed E-state index contributed by atoms with van der Waals surface area (Å²) in [6.45, 7) is 4.75. The first-order chi connectivity index (χ1) is 1.00. The van der Waals surface area contributed by atoms with Crippen molar-refractivity contribution in [1.82, 2.24) is 0 Å². The van der Waals surface area contributed by atoms with Crippen molar-refractivity contribution in [3.8, 4) is 0 Å². The first kappa shape index (κ1) is 22.0. The zero-order valence-corrected chi connectivity index (χ0v) is 4.25. The second kappa shape index (κ2) is 52.7. The van der Waals surface area contributed by atoms with Gasteiger partial charge >= 0.3 is 0 Å². The normalized spacial score (nSPS) is 0.500. The smallest absolute Gasteiger partial charge is 0 e. The van der Waals surface area contributed by atoms with Gasteiger partial charge in [0.15, 0.2) is 0 Å². The van der Waals surface area contributed by atoms with Crippen LogP contribution in [-0.4, -0.2) is 0 Å². The van der Waals surface area contributed by atoms with Gasteiger partial charge in [-0.3, -0.25) is 0 Å². The third kappa shape index (κ3) is 15.5. The quantitative estimate of drug-likeness (QED) is 0.343. The van der Waals surface area contributed by atoms with Crippen molar-refractivity contribution in [2.45, 2.75) is 0 Å². The van der Waals surface area contributed by atoms with Crippen LogP contribution in [0.5, 0.6) is 0 Å². The Hall–Kier alpha value is 0.724. The molecule has 0 amide bonds. The van der Waals surface area contributed by atoms with E-state index in [-0.39, 0.29) is 38.8 Å². The van der Waals surface area contributed by atoms with Crippen LogP contribution in [0.3, 0.4) is 0 Å². The number of nitrogens with zero attached hydrogens (tertiary/aromatic N) is 1. The molecular formula is CCuNTi-. The minimum absolute atomic E-state index is 0. The van der Waals surface area contributed by atoms with E-state index in [1.165, 1.54) is 0 Å². The molecule has 0 aliphatic heterocycles. The molecule has 0 unspecified atom stereocenters. The van der Waals surface area contributed by atoms with Crippen LogP contribution >= 0.6 is 0 Å². The summed E-state index contributed by atoms with van der Waals surface area (Å²) in [7, 11) is 0. The predicted molar refractivity (Wildman–Crippen MR) is 4.97 cm³/mol. The van der Waals surface area contributed by atoms with E-state index >= 15 is 0 Å². The molecule has 0 saturated carbocycles. The Labute approximate surface area is 50.7 Å². The van der Waals surface area contributed by atoms with Gasteiger partial charge in [-0.1, -0.05) is 0 Å². The zero-order chi connectivity index (χ0) is 2.00. The molecule has 0 N–H and O–H groups in total. The first-order valence-corrected chi connectivity index (χ1v) is 0.224. The average Bonchev–Trinajstić information content (AvgIpc) is 1.00.